The zero-order chi connectivity index (χ0) is 14.7. The molecule has 0 saturated carbocycles. The maximum Gasteiger partial charge on any atom is 0.254 e. The van der Waals surface area contributed by atoms with E-state index in [0.717, 1.165) is 16.9 Å². The van der Waals surface area contributed by atoms with Gasteiger partial charge in [0.1, 0.15) is 15.4 Å². The van der Waals surface area contributed by atoms with Gasteiger partial charge < -0.3 is 11.1 Å². The molecular formula is C13H10Cl2N2OS2. The second-order valence-electron chi connectivity index (χ2n) is 3.96. The summed E-state index contributed by atoms with van der Waals surface area (Å²) in [6, 6.07) is 10.2. The van der Waals surface area contributed by atoms with Gasteiger partial charge in [0.25, 0.3) is 5.91 Å². The highest BCUT2D eigenvalue weighted by Gasteiger charge is 2.21. The number of carbonyl (C=O) groups excluding carboxylic acids is 1. The van der Waals surface area contributed by atoms with Gasteiger partial charge in [0.15, 0.2) is 0 Å². The molecule has 0 aliphatic rings. The molecule has 3 nitrogen and oxygen atoms in total. The van der Waals surface area contributed by atoms with Crippen molar-refractivity contribution in [1.29, 1.82) is 0 Å². The summed E-state index contributed by atoms with van der Waals surface area (Å²) in [5, 5.41) is 2.76. The van der Waals surface area contributed by atoms with Gasteiger partial charge in [-0.2, -0.15) is 0 Å². The Bertz CT molecular complexity index is 643. The van der Waals surface area contributed by atoms with E-state index in [0.29, 0.717) is 14.2 Å². The van der Waals surface area contributed by atoms with E-state index in [4.69, 9.17) is 41.2 Å². The third-order valence-electron chi connectivity index (χ3n) is 2.59. The van der Waals surface area contributed by atoms with Gasteiger partial charge in [-0.1, -0.05) is 65.8 Å². The van der Waals surface area contributed by atoms with Crippen molar-refractivity contribution < 1.29 is 4.79 Å². The Kier molecular flexibility index (Phi) is 4.99. The van der Waals surface area contributed by atoms with Gasteiger partial charge in [-0.3, -0.25) is 4.79 Å². The average Bonchev–Trinajstić information content (AvgIpc) is 2.75. The van der Waals surface area contributed by atoms with Crippen molar-refractivity contribution in [2.45, 2.75) is 6.04 Å². The lowest BCUT2D eigenvalue weighted by Gasteiger charge is -2.17. The van der Waals surface area contributed by atoms with Gasteiger partial charge in [0.2, 0.25) is 0 Å². The molecule has 0 spiro atoms. The topological polar surface area (TPSA) is 55.1 Å². The number of thiocarbonyl (C=S) groups is 1. The fourth-order valence-corrected chi connectivity index (χ4v) is 3.32. The van der Waals surface area contributed by atoms with E-state index in [1.165, 1.54) is 6.07 Å². The first-order valence-corrected chi connectivity index (χ1v) is 7.57. The minimum absolute atomic E-state index is 0.182. The van der Waals surface area contributed by atoms with Crippen LogP contribution in [0.15, 0.2) is 36.4 Å². The Morgan fingerprint density at radius 2 is 1.95 bits per heavy atom. The van der Waals surface area contributed by atoms with E-state index >= 15 is 0 Å². The first-order chi connectivity index (χ1) is 9.49. The van der Waals surface area contributed by atoms with Crippen molar-refractivity contribution in [2.75, 3.05) is 0 Å². The highest BCUT2D eigenvalue weighted by Crippen LogP contribution is 2.31. The molecule has 1 heterocycles. The lowest BCUT2D eigenvalue weighted by atomic mass is 10.1. The van der Waals surface area contributed by atoms with Crippen LogP contribution in [-0.2, 0) is 0 Å². The first-order valence-electron chi connectivity index (χ1n) is 5.59. The molecule has 0 saturated heterocycles. The first kappa shape index (κ1) is 15.3. The number of nitrogens with two attached hydrogens (primary N) is 1. The third-order valence-corrected chi connectivity index (χ3v) is 4.32. The smallest absolute Gasteiger partial charge is 0.254 e. The number of rotatable bonds is 4. The largest absolute Gasteiger partial charge is 0.391 e. The zero-order valence-electron chi connectivity index (χ0n) is 10.1. The van der Waals surface area contributed by atoms with Crippen molar-refractivity contribution in [2.24, 2.45) is 5.73 Å². The maximum atomic E-state index is 12.2. The number of benzene rings is 1. The average molecular weight is 345 g/mol. The van der Waals surface area contributed by atoms with Gasteiger partial charge in [0.05, 0.1) is 9.90 Å². The monoisotopic (exact) mass is 344 g/mol. The van der Waals surface area contributed by atoms with Crippen LogP contribution in [0.2, 0.25) is 8.67 Å². The Morgan fingerprint density at radius 1 is 1.30 bits per heavy atom. The second-order valence-corrected chi connectivity index (χ2v) is 6.71. The Balaban J connectivity index is 2.23. The number of carbonyl (C=O) groups is 1. The van der Waals surface area contributed by atoms with Crippen LogP contribution in [0.5, 0.6) is 0 Å². The molecule has 0 radical (unpaired) electrons. The van der Waals surface area contributed by atoms with Gasteiger partial charge in [-0.15, -0.1) is 11.3 Å². The van der Waals surface area contributed by atoms with E-state index < -0.39 is 6.04 Å². The van der Waals surface area contributed by atoms with Crippen LogP contribution in [-0.4, -0.2) is 10.9 Å². The van der Waals surface area contributed by atoms with Crippen LogP contribution >= 0.6 is 46.8 Å². The predicted octanol–water partition coefficient (Wildman–Crippen LogP) is 3.81. The summed E-state index contributed by atoms with van der Waals surface area (Å²) in [4.78, 5) is 12.4. The molecule has 0 aliphatic carbocycles. The van der Waals surface area contributed by atoms with Crippen LogP contribution in [0.4, 0.5) is 0 Å². The van der Waals surface area contributed by atoms with E-state index in [9.17, 15) is 4.79 Å². The molecule has 0 bridgehead atoms. The van der Waals surface area contributed by atoms with Crippen molar-refractivity contribution in [1.82, 2.24) is 5.32 Å². The number of hydrogen-bond donors (Lipinski definition) is 2. The van der Waals surface area contributed by atoms with E-state index in [2.05, 4.69) is 5.32 Å². The molecule has 104 valence electrons. The van der Waals surface area contributed by atoms with Gasteiger partial charge >= 0.3 is 0 Å². The molecule has 20 heavy (non-hydrogen) atoms. The van der Waals surface area contributed by atoms with Gasteiger partial charge in [-0.25, -0.2) is 0 Å². The molecule has 3 N–H and O–H groups in total. The summed E-state index contributed by atoms with van der Waals surface area (Å²) < 4.78 is 0.786. The van der Waals surface area contributed by atoms with Crippen LogP contribution in [0.25, 0.3) is 0 Å². The van der Waals surface area contributed by atoms with Gasteiger partial charge in [-0.05, 0) is 11.6 Å². The summed E-state index contributed by atoms with van der Waals surface area (Å²) in [5.74, 6) is -0.361. The fourth-order valence-electron chi connectivity index (χ4n) is 1.67. The van der Waals surface area contributed by atoms with Crippen molar-refractivity contribution in [3.63, 3.8) is 0 Å². The van der Waals surface area contributed by atoms with Gasteiger partial charge in [0, 0.05) is 0 Å². The molecule has 1 aromatic carbocycles. The highest BCUT2D eigenvalue weighted by molar-refractivity contribution is 7.80. The Labute approximate surface area is 135 Å². The number of nitrogens with one attached hydrogen (secondary N) is 1. The summed E-state index contributed by atoms with van der Waals surface area (Å²) in [5.41, 5.74) is 6.83. The normalized spacial score (nSPS) is 11.9. The van der Waals surface area contributed by atoms with Crippen molar-refractivity contribution in [3.8, 4) is 0 Å². The molecule has 1 aromatic heterocycles. The summed E-state index contributed by atoms with van der Waals surface area (Å²) in [7, 11) is 0. The van der Waals surface area contributed by atoms with E-state index in [1.807, 2.05) is 30.3 Å². The zero-order valence-corrected chi connectivity index (χ0v) is 13.2. The second kappa shape index (κ2) is 6.54. The van der Waals surface area contributed by atoms with Crippen LogP contribution < -0.4 is 11.1 Å². The molecular weight excluding hydrogens is 335 g/mol. The molecule has 2 rings (SSSR count). The highest BCUT2D eigenvalue weighted by atomic mass is 35.5. The Hall–Kier alpha value is -1.14. The minimum Gasteiger partial charge on any atom is -0.391 e. The number of thiophene rings is 1. The lowest BCUT2D eigenvalue weighted by molar-refractivity contribution is 0.0947. The standard InChI is InChI=1S/C13H10Cl2N2OS2/c14-9-6-8(11(15)20-9)13(18)17-10(12(16)19)7-4-2-1-3-5-7/h1-6,10H,(H2,16,19)(H,17,18). The number of halogens is 2. The van der Waals surface area contributed by atoms with Crippen LogP contribution in [0.1, 0.15) is 22.0 Å². The molecule has 0 fully saturated rings. The van der Waals surface area contributed by atoms with E-state index in [1.54, 1.807) is 0 Å². The predicted molar refractivity (Wildman–Crippen MR) is 87.8 cm³/mol. The molecule has 1 atom stereocenters. The SMILES string of the molecule is NC(=S)C(NC(=O)c1cc(Cl)sc1Cl)c1ccccc1. The third kappa shape index (κ3) is 3.49. The summed E-state index contributed by atoms with van der Waals surface area (Å²) >= 11 is 17.9. The van der Waals surface area contributed by atoms with E-state index in [-0.39, 0.29) is 10.9 Å². The van der Waals surface area contributed by atoms with Crippen LogP contribution in [0, 0.1) is 0 Å². The summed E-state index contributed by atoms with van der Waals surface area (Å²) in [6.45, 7) is 0. The summed E-state index contributed by atoms with van der Waals surface area (Å²) in [6.07, 6.45) is 0. The van der Waals surface area contributed by atoms with Crippen molar-refractivity contribution in [3.05, 3.63) is 56.2 Å². The molecule has 1 amide bonds. The Morgan fingerprint density at radius 3 is 2.45 bits per heavy atom. The van der Waals surface area contributed by atoms with Crippen molar-refractivity contribution >= 4 is 57.7 Å². The molecule has 2 aromatic rings. The maximum absolute atomic E-state index is 12.2. The molecule has 1 unspecified atom stereocenters. The molecule has 7 heteroatoms. The van der Waals surface area contributed by atoms with Crippen LogP contribution in [0.3, 0.4) is 0 Å². The number of hydrogen-bond acceptors (Lipinski definition) is 3. The molecule has 0 aliphatic heterocycles. The lowest BCUT2D eigenvalue weighted by Crippen LogP contribution is -2.36. The fraction of sp³-hybridized carbons (Fsp3) is 0.0769. The quantitative estimate of drug-likeness (QED) is 0.829. The number of amides is 1. The minimum atomic E-state index is -0.548.